The van der Waals surface area contributed by atoms with E-state index in [0.29, 0.717) is 5.92 Å². The number of rotatable bonds is 2. The maximum absolute atomic E-state index is 2.39. The van der Waals surface area contributed by atoms with Crippen LogP contribution in [-0.4, -0.2) is 25.0 Å². The van der Waals surface area contributed by atoms with Gasteiger partial charge < -0.3 is 4.90 Å². The van der Waals surface area contributed by atoms with Crippen molar-refractivity contribution in [2.45, 2.75) is 20.3 Å². The first-order valence-corrected chi connectivity index (χ1v) is 6.16. The summed E-state index contributed by atoms with van der Waals surface area (Å²) in [6.07, 6.45) is 3.62. The van der Waals surface area contributed by atoms with Gasteiger partial charge in [0, 0.05) is 13.1 Å². The summed E-state index contributed by atoms with van der Waals surface area (Å²) in [6.45, 7) is 6.70. The van der Waals surface area contributed by atoms with Crippen molar-refractivity contribution in [2.75, 3.05) is 20.1 Å². The highest BCUT2D eigenvalue weighted by atomic mass is 15.1. The molecule has 1 heteroatoms. The topological polar surface area (TPSA) is 3.24 Å². The Kier molecular flexibility index (Phi) is 3.45. The largest absolute Gasteiger partial charge is 0.302 e. The molecule has 1 nitrogen and oxygen atoms in total. The lowest BCUT2D eigenvalue weighted by Crippen LogP contribution is -2.30. The molecule has 1 aromatic carbocycles. The zero-order valence-corrected chi connectivity index (χ0v) is 10.5. The molecule has 0 amide bonds. The summed E-state index contributed by atoms with van der Waals surface area (Å²) in [7, 11) is 2.20. The number of benzene rings is 1. The van der Waals surface area contributed by atoms with E-state index >= 15 is 0 Å². The second kappa shape index (κ2) is 4.84. The summed E-state index contributed by atoms with van der Waals surface area (Å²) in [5.41, 5.74) is 4.29. The minimum absolute atomic E-state index is 0.696. The minimum atomic E-state index is 0.696. The average molecular weight is 215 g/mol. The molecule has 0 saturated heterocycles. The van der Waals surface area contributed by atoms with Crippen LogP contribution in [0, 0.1) is 12.8 Å². The van der Waals surface area contributed by atoms with E-state index in [2.05, 4.69) is 56.1 Å². The van der Waals surface area contributed by atoms with Crippen molar-refractivity contribution in [3.05, 3.63) is 41.5 Å². The molecule has 0 spiro atoms. The summed E-state index contributed by atoms with van der Waals surface area (Å²) in [4.78, 5) is 2.39. The molecule has 0 saturated carbocycles. The van der Waals surface area contributed by atoms with Crippen molar-refractivity contribution in [1.82, 2.24) is 4.90 Å². The monoisotopic (exact) mass is 215 g/mol. The van der Waals surface area contributed by atoms with Crippen LogP contribution in [0.3, 0.4) is 0 Å². The highest BCUT2D eigenvalue weighted by Gasteiger charge is 2.19. The van der Waals surface area contributed by atoms with Crippen LogP contribution >= 0.6 is 0 Å². The van der Waals surface area contributed by atoms with E-state index in [9.17, 15) is 0 Å². The van der Waals surface area contributed by atoms with E-state index in [1.807, 2.05) is 0 Å². The Hall–Kier alpha value is -1.08. The SMILES string of the molecule is CCC1CN(C)CC=C1c1ccc(C)cc1. The third-order valence-electron chi connectivity index (χ3n) is 3.47. The Balaban J connectivity index is 2.28. The first kappa shape index (κ1) is 11.4. The van der Waals surface area contributed by atoms with Gasteiger partial charge in [0.15, 0.2) is 0 Å². The van der Waals surface area contributed by atoms with Crippen molar-refractivity contribution < 1.29 is 0 Å². The smallest absolute Gasteiger partial charge is 0.0166 e. The van der Waals surface area contributed by atoms with Gasteiger partial charge in [0.05, 0.1) is 0 Å². The molecule has 0 fully saturated rings. The quantitative estimate of drug-likeness (QED) is 0.731. The molecule has 1 aromatic rings. The van der Waals surface area contributed by atoms with Crippen LogP contribution in [0.15, 0.2) is 30.3 Å². The summed E-state index contributed by atoms with van der Waals surface area (Å²) in [5.74, 6) is 0.696. The standard InChI is InChI=1S/C15H21N/c1-4-13-11-16(3)10-9-15(13)14-7-5-12(2)6-8-14/h5-9,13H,4,10-11H2,1-3H3. The maximum Gasteiger partial charge on any atom is 0.0166 e. The molecule has 0 N–H and O–H groups in total. The summed E-state index contributed by atoms with van der Waals surface area (Å²) in [6, 6.07) is 8.94. The Bertz CT molecular complexity index is 375. The van der Waals surface area contributed by atoms with Crippen LogP contribution in [0.1, 0.15) is 24.5 Å². The molecule has 1 atom stereocenters. The fourth-order valence-corrected chi connectivity index (χ4v) is 2.42. The summed E-state index contributed by atoms with van der Waals surface area (Å²) < 4.78 is 0. The zero-order valence-electron chi connectivity index (χ0n) is 10.5. The van der Waals surface area contributed by atoms with Gasteiger partial charge in [-0.05, 0) is 37.4 Å². The molecule has 0 aromatic heterocycles. The van der Waals surface area contributed by atoms with Crippen LogP contribution in [0.2, 0.25) is 0 Å². The normalized spacial score (nSPS) is 21.9. The highest BCUT2D eigenvalue weighted by molar-refractivity contribution is 5.68. The average Bonchev–Trinajstić information content (AvgIpc) is 2.30. The minimum Gasteiger partial charge on any atom is -0.302 e. The van der Waals surface area contributed by atoms with Gasteiger partial charge in [0.2, 0.25) is 0 Å². The molecule has 0 aliphatic carbocycles. The zero-order chi connectivity index (χ0) is 11.5. The molecule has 1 unspecified atom stereocenters. The van der Waals surface area contributed by atoms with Gasteiger partial charge in [0.25, 0.3) is 0 Å². The maximum atomic E-state index is 2.39. The molecular formula is C15H21N. The lowest BCUT2D eigenvalue weighted by Gasteiger charge is -2.30. The number of nitrogens with zero attached hydrogens (tertiary/aromatic N) is 1. The van der Waals surface area contributed by atoms with Crippen LogP contribution in [0.4, 0.5) is 0 Å². The molecule has 0 bridgehead atoms. The number of hydrogen-bond donors (Lipinski definition) is 0. The predicted octanol–water partition coefficient (Wildman–Crippen LogP) is 3.35. The van der Waals surface area contributed by atoms with Gasteiger partial charge in [-0.2, -0.15) is 0 Å². The van der Waals surface area contributed by atoms with Crippen LogP contribution in [0.25, 0.3) is 5.57 Å². The molecule has 16 heavy (non-hydrogen) atoms. The molecule has 86 valence electrons. The molecule has 1 aliphatic heterocycles. The highest BCUT2D eigenvalue weighted by Crippen LogP contribution is 2.29. The van der Waals surface area contributed by atoms with E-state index in [1.54, 1.807) is 5.57 Å². The van der Waals surface area contributed by atoms with Gasteiger partial charge in [0.1, 0.15) is 0 Å². The van der Waals surface area contributed by atoms with Crippen molar-refractivity contribution >= 4 is 5.57 Å². The second-order valence-electron chi connectivity index (χ2n) is 4.85. The molecule has 0 radical (unpaired) electrons. The number of aryl methyl sites for hydroxylation is 1. The Morgan fingerprint density at radius 1 is 1.25 bits per heavy atom. The molecule has 1 aliphatic rings. The molecule has 1 heterocycles. The van der Waals surface area contributed by atoms with Gasteiger partial charge in [-0.1, -0.05) is 42.8 Å². The fourth-order valence-electron chi connectivity index (χ4n) is 2.42. The van der Waals surface area contributed by atoms with Gasteiger partial charge in [-0.3, -0.25) is 0 Å². The summed E-state index contributed by atoms with van der Waals surface area (Å²) in [5, 5.41) is 0. The third kappa shape index (κ3) is 2.35. The molecule has 2 rings (SSSR count). The second-order valence-corrected chi connectivity index (χ2v) is 4.85. The van der Waals surface area contributed by atoms with Crippen molar-refractivity contribution in [2.24, 2.45) is 5.92 Å². The fraction of sp³-hybridized carbons (Fsp3) is 0.467. The van der Waals surface area contributed by atoms with Gasteiger partial charge >= 0.3 is 0 Å². The van der Waals surface area contributed by atoms with E-state index in [0.717, 1.165) is 6.54 Å². The lowest BCUT2D eigenvalue weighted by molar-refractivity contribution is 0.316. The van der Waals surface area contributed by atoms with Crippen molar-refractivity contribution in [3.8, 4) is 0 Å². The van der Waals surface area contributed by atoms with E-state index in [1.165, 1.54) is 24.1 Å². The van der Waals surface area contributed by atoms with Crippen LogP contribution in [-0.2, 0) is 0 Å². The first-order chi connectivity index (χ1) is 7.70. The third-order valence-corrected chi connectivity index (χ3v) is 3.47. The van der Waals surface area contributed by atoms with E-state index in [-0.39, 0.29) is 0 Å². The van der Waals surface area contributed by atoms with Crippen molar-refractivity contribution in [3.63, 3.8) is 0 Å². The number of likely N-dealkylation sites (N-methyl/N-ethyl adjacent to an activating group) is 1. The predicted molar refractivity (Wildman–Crippen MR) is 70.4 cm³/mol. The van der Waals surface area contributed by atoms with Crippen LogP contribution < -0.4 is 0 Å². The van der Waals surface area contributed by atoms with Crippen LogP contribution in [0.5, 0.6) is 0 Å². The van der Waals surface area contributed by atoms with Gasteiger partial charge in [-0.25, -0.2) is 0 Å². The lowest BCUT2D eigenvalue weighted by atomic mass is 9.87. The summed E-state index contributed by atoms with van der Waals surface area (Å²) >= 11 is 0. The Labute approximate surface area is 98.8 Å². The molecular weight excluding hydrogens is 194 g/mol. The van der Waals surface area contributed by atoms with Crippen molar-refractivity contribution in [1.29, 1.82) is 0 Å². The first-order valence-electron chi connectivity index (χ1n) is 6.16. The van der Waals surface area contributed by atoms with E-state index in [4.69, 9.17) is 0 Å². The Morgan fingerprint density at radius 3 is 2.56 bits per heavy atom. The van der Waals surface area contributed by atoms with E-state index < -0.39 is 0 Å². The number of hydrogen-bond acceptors (Lipinski definition) is 1. The Morgan fingerprint density at radius 2 is 1.94 bits per heavy atom. The van der Waals surface area contributed by atoms with Gasteiger partial charge in [-0.15, -0.1) is 0 Å².